The molecule has 0 bridgehead atoms. The summed E-state index contributed by atoms with van der Waals surface area (Å²) < 4.78 is 7.28. The monoisotopic (exact) mass is 445 g/mol. The van der Waals surface area contributed by atoms with Gasteiger partial charge < -0.3 is 10.1 Å². The van der Waals surface area contributed by atoms with Crippen LogP contribution in [0.1, 0.15) is 53.5 Å². The van der Waals surface area contributed by atoms with Crippen molar-refractivity contribution < 1.29 is 14.3 Å². The van der Waals surface area contributed by atoms with Crippen molar-refractivity contribution in [3.63, 3.8) is 0 Å². The molecule has 2 heterocycles. The van der Waals surface area contributed by atoms with Gasteiger partial charge in [-0.15, -0.1) is 11.3 Å². The molecule has 1 saturated carbocycles. The fourth-order valence-electron chi connectivity index (χ4n) is 3.77. The number of rotatable bonds is 6. The van der Waals surface area contributed by atoms with Gasteiger partial charge in [0.05, 0.1) is 12.2 Å². The Balaban J connectivity index is 1.48. The second-order valence-corrected chi connectivity index (χ2v) is 9.14. The summed E-state index contributed by atoms with van der Waals surface area (Å²) in [5.74, 6) is -0.730. The Morgan fingerprint density at radius 3 is 2.80 bits per heavy atom. The number of nitrogens with one attached hydrogen (secondary N) is 1. The summed E-state index contributed by atoms with van der Waals surface area (Å²) in [6, 6.07) is 9.61. The molecule has 1 N–H and O–H groups in total. The first-order valence-electron chi connectivity index (χ1n) is 10.1. The molecule has 1 aromatic carbocycles. The molecule has 1 amide bonds. The molecule has 1 unspecified atom stereocenters. The second-order valence-electron chi connectivity index (χ2n) is 7.70. The molecule has 1 aliphatic carbocycles. The van der Waals surface area contributed by atoms with Crippen LogP contribution in [0.4, 0.5) is 0 Å². The predicted molar refractivity (Wildman–Crippen MR) is 118 cm³/mol. The summed E-state index contributed by atoms with van der Waals surface area (Å²) in [5.41, 5.74) is 1.79. The Morgan fingerprint density at radius 1 is 1.33 bits per heavy atom. The average Bonchev–Trinajstić information content (AvgIpc) is 3.43. The van der Waals surface area contributed by atoms with Crippen LogP contribution in [0, 0.1) is 6.92 Å². The highest BCUT2D eigenvalue weighted by atomic mass is 35.5. The van der Waals surface area contributed by atoms with Crippen LogP contribution in [0.15, 0.2) is 30.3 Å². The molecule has 0 radical (unpaired) electrons. The van der Waals surface area contributed by atoms with Crippen LogP contribution in [-0.2, 0) is 16.1 Å². The van der Waals surface area contributed by atoms with Crippen molar-refractivity contribution in [2.45, 2.75) is 58.2 Å². The van der Waals surface area contributed by atoms with E-state index >= 15 is 0 Å². The van der Waals surface area contributed by atoms with E-state index in [1.807, 2.05) is 35.9 Å². The number of hydrogen-bond acceptors (Lipinski definition) is 5. The van der Waals surface area contributed by atoms with Crippen LogP contribution in [0.25, 0.3) is 10.2 Å². The fraction of sp³-hybridized carbons (Fsp3) is 0.409. The number of ether oxygens (including phenoxy) is 1. The molecule has 0 aliphatic heterocycles. The Labute approximate surface area is 184 Å². The fourth-order valence-corrected chi connectivity index (χ4v) is 5.01. The number of esters is 1. The van der Waals surface area contributed by atoms with Crippen molar-refractivity contribution in [2.24, 2.45) is 0 Å². The molecule has 0 spiro atoms. The Kier molecular flexibility index (Phi) is 6.11. The Hall–Kier alpha value is -2.38. The number of carbonyl (C=O) groups excluding carboxylic acids is 2. The zero-order valence-electron chi connectivity index (χ0n) is 17.0. The van der Waals surface area contributed by atoms with Crippen LogP contribution in [0.5, 0.6) is 0 Å². The molecule has 2 aromatic heterocycles. The Morgan fingerprint density at radius 2 is 2.07 bits per heavy atom. The quantitative estimate of drug-likeness (QED) is 0.557. The first-order chi connectivity index (χ1) is 14.4. The van der Waals surface area contributed by atoms with Crippen molar-refractivity contribution >= 4 is 45.0 Å². The Bertz CT molecular complexity index is 1080. The van der Waals surface area contributed by atoms with Gasteiger partial charge in [0.1, 0.15) is 9.71 Å². The summed E-state index contributed by atoms with van der Waals surface area (Å²) in [6.07, 6.45) is 3.41. The molecule has 0 saturated heterocycles. The zero-order chi connectivity index (χ0) is 21.3. The molecule has 4 rings (SSSR count). The SMILES string of the molecule is Cc1nn(Cc2ccccc2Cl)c2sc(C(=O)OC(C)C(=O)NC3CCCC3)cc12. The van der Waals surface area contributed by atoms with E-state index in [1.165, 1.54) is 11.3 Å². The van der Waals surface area contributed by atoms with E-state index in [2.05, 4.69) is 10.4 Å². The lowest BCUT2D eigenvalue weighted by Gasteiger charge is -2.16. The van der Waals surface area contributed by atoms with Crippen LogP contribution in [-0.4, -0.2) is 33.8 Å². The first kappa shape index (κ1) is 20.9. The number of thiophene rings is 1. The van der Waals surface area contributed by atoms with Gasteiger partial charge in [0.25, 0.3) is 5.91 Å². The highest BCUT2D eigenvalue weighted by molar-refractivity contribution is 7.20. The van der Waals surface area contributed by atoms with Crippen LogP contribution in [0.3, 0.4) is 0 Å². The van der Waals surface area contributed by atoms with Crippen molar-refractivity contribution in [3.8, 4) is 0 Å². The normalized spacial score (nSPS) is 15.4. The van der Waals surface area contributed by atoms with Crippen LogP contribution >= 0.6 is 22.9 Å². The summed E-state index contributed by atoms with van der Waals surface area (Å²) in [6.45, 7) is 4.03. The molecule has 1 fully saturated rings. The van der Waals surface area contributed by atoms with Crippen molar-refractivity contribution in [1.82, 2.24) is 15.1 Å². The van der Waals surface area contributed by atoms with Crippen LogP contribution < -0.4 is 5.32 Å². The summed E-state index contributed by atoms with van der Waals surface area (Å²) >= 11 is 7.60. The van der Waals surface area contributed by atoms with E-state index < -0.39 is 12.1 Å². The van der Waals surface area contributed by atoms with E-state index in [4.69, 9.17) is 16.3 Å². The highest BCUT2D eigenvalue weighted by Crippen LogP contribution is 2.30. The molecule has 158 valence electrons. The average molecular weight is 446 g/mol. The van der Waals surface area contributed by atoms with E-state index in [0.29, 0.717) is 16.4 Å². The molecule has 1 aliphatic rings. The van der Waals surface area contributed by atoms with Gasteiger partial charge in [-0.25, -0.2) is 4.79 Å². The van der Waals surface area contributed by atoms with Gasteiger partial charge >= 0.3 is 5.97 Å². The third kappa shape index (κ3) is 4.37. The van der Waals surface area contributed by atoms with Gasteiger partial charge in [-0.2, -0.15) is 5.10 Å². The maximum atomic E-state index is 12.7. The molecule has 6 nitrogen and oxygen atoms in total. The number of fused-ring (bicyclic) bond motifs is 1. The van der Waals surface area contributed by atoms with Crippen molar-refractivity contribution in [3.05, 3.63) is 51.5 Å². The van der Waals surface area contributed by atoms with Gasteiger partial charge in [0.2, 0.25) is 0 Å². The minimum atomic E-state index is -0.830. The molecule has 8 heteroatoms. The summed E-state index contributed by atoms with van der Waals surface area (Å²) in [4.78, 5) is 26.3. The lowest BCUT2D eigenvalue weighted by molar-refractivity contribution is -0.129. The van der Waals surface area contributed by atoms with E-state index in [-0.39, 0.29) is 11.9 Å². The summed E-state index contributed by atoms with van der Waals surface area (Å²) in [5, 5.41) is 9.14. The molecular weight excluding hydrogens is 422 g/mol. The topological polar surface area (TPSA) is 73.2 Å². The smallest absolute Gasteiger partial charge is 0.349 e. The minimum absolute atomic E-state index is 0.196. The molecule has 3 aromatic rings. The predicted octanol–water partition coefficient (Wildman–Crippen LogP) is 4.71. The molecule has 1 atom stereocenters. The van der Waals surface area contributed by atoms with Gasteiger partial charge in [0.15, 0.2) is 6.10 Å². The number of halogens is 1. The van der Waals surface area contributed by atoms with E-state index in [1.54, 1.807) is 13.0 Å². The van der Waals surface area contributed by atoms with E-state index in [9.17, 15) is 9.59 Å². The standard InChI is InChI=1S/C22H24ClN3O3S/c1-13-17-11-19(22(28)29-14(2)20(27)24-16-8-4-5-9-16)30-21(17)26(25-13)12-15-7-3-6-10-18(15)23/h3,6-7,10-11,14,16H,4-5,8-9,12H2,1-2H3,(H,24,27). The van der Waals surface area contributed by atoms with Gasteiger partial charge in [0, 0.05) is 16.5 Å². The number of benzene rings is 1. The highest BCUT2D eigenvalue weighted by Gasteiger charge is 2.25. The van der Waals surface area contributed by atoms with Gasteiger partial charge in [-0.3, -0.25) is 9.48 Å². The number of carbonyl (C=O) groups is 2. The van der Waals surface area contributed by atoms with Gasteiger partial charge in [-0.1, -0.05) is 42.6 Å². The second kappa shape index (κ2) is 8.78. The largest absolute Gasteiger partial charge is 0.448 e. The van der Waals surface area contributed by atoms with Crippen molar-refractivity contribution in [1.29, 1.82) is 0 Å². The number of aryl methyl sites for hydroxylation is 1. The molecular formula is C22H24ClN3O3S. The number of amides is 1. The molecule has 30 heavy (non-hydrogen) atoms. The zero-order valence-corrected chi connectivity index (χ0v) is 18.6. The van der Waals surface area contributed by atoms with Gasteiger partial charge in [-0.05, 0) is 44.4 Å². The maximum absolute atomic E-state index is 12.7. The number of aromatic nitrogens is 2. The number of nitrogens with zero attached hydrogens (tertiary/aromatic N) is 2. The third-order valence-electron chi connectivity index (χ3n) is 5.44. The maximum Gasteiger partial charge on any atom is 0.349 e. The third-order valence-corrected chi connectivity index (χ3v) is 6.94. The number of hydrogen-bond donors (Lipinski definition) is 1. The van der Waals surface area contributed by atoms with E-state index in [0.717, 1.165) is 47.2 Å². The lowest BCUT2D eigenvalue weighted by atomic mass is 10.2. The first-order valence-corrected chi connectivity index (χ1v) is 11.3. The minimum Gasteiger partial charge on any atom is -0.448 e. The summed E-state index contributed by atoms with van der Waals surface area (Å²) in [7, 11) is 0. The van der Waals surface area contributed by atoms with Crippen molar-refractivity contribution in [2.75, 3.05) is 0 Å². The van der Waals surface area contributed by atoms with Crippen LogP contribution in [0.2, 0.25) is 5.02 Å². The lowest BCUT2D eigenvalue weighted by Crippen LogP contribution is -2.40.